The Bertz CT molecular complexity index is 862. The summed E-state index contributed by atoms with van der Waals surface area (Å²) in [6.07, 6.45) is 0. The molecular weight excluding hydrogens is 335 g/mol. The van der Waals surface area contributed by atoms with Crippen LogP contribution in [-0.2, 0) is 4.79 Å². The number of halogens is 1. The fraction of sp³-hybridized carbons (Fsp3) is 0.200. The second kappa shape index (κ2) is 7.82. The van der Waals surface area contributed by atoms with E-state index < -0.39 is 0 Å². The SMILES string of the molecule is Cc1cc(OCC(=O)N(C)C(c2ccccc2)c2ccc(F)cc2)no1. The van der Waals surface area contributed by atoms with Gasteiger partial charge in [-0.3, -0.25) is 4.79 Å². The minimum Gasteiger partial charge on any atom is -0.465 e. The van der Waals surface area contributed by atoms with Gasteiger partial charge in [0.25, 0.3) is 11.8 Å². The van der Waals surface area contributed by atoms with E-state index >= 15 is 0 Å². The Balaban J connectivity index is 1.81. The van der Waals surface area contributed by atoms with Crippen molar-refractivity contribution >= 4 is 5.91 Å². The standard InChI is InChI=1S/C20H19FN2O3/c1-14-12-18(22-26-14)25-13-19(24)23(2)20(15-6-4-3-5-7-15)16-8-10-17(21)11-9-16/h3-12,20H,13H2,1-2H3. The number of nitrogens with zero attached hydrogens (tertiary/aromatic N) is 2. The fourth-order valence-corrected chi connectivity index (χ4v) is 2.71. The Kier molecular flexibility index (Phi) is 5.31. The average molecular weight is 354 g/mol. The van der Waals surface area contributed by atoms with Gasteiger partial charge in [-0.15, -0.1) is 0 Å². The molecule has 0 aliphatic heterocycles. The molecule has 5 nitrogen and oxygen atoms in total. The van der Waals surface area contributed by atoms with E-state index in [1.54, 1.807) is 37.1 Å². The fourth-order valence-electron chi connectivity index (χ4n) is 2.71. The number of benzene rings is 2. The summed E-state index contributed by atoms with van der Waals surface area (Å²) in [7, 11) is 1.70. The molecule has 0 aliphatic carbocycles. The normalized spacial score (nSPS) is 11.8. The molecule has 0 bridgehead atoms. The van der Waals surface area contributed by atoms with Crippen molar-refractivity contribution < 1.29 is 18.4 Å². The zero-order chi connectivity index (χ0) is 18.5. The molecule has 0 spiro atoms. The van der Waals surface area contributed by atoms with Crippen molar-refractivity contribution in [3.63, 3.8) is 0 Å². The molecule has 26 heavy (non-hydrogen) atoms. The number of rotatable bonds is 6. The van der Waals surface area contributed by atoms with Crippen LogP contribution in [0.25, 0.3) is 0 Å². The van der Waals surface area contributed by atoms with Gasteiger partial charge in [0.05, 0.1) is 6.04 Å². The van der Waals surface area contributed by atoms with Crippen molar-refractivity contribution in [3.8, 4) is 5.88 Å². The summed E-state index contributed by atoms with van der Waals surface area (Å²) in [6.45, 7) is 1.57. The van der Waals surface area contributed by atoms with Crippen LogP contribution < -0.4 is 4.74 Å². The smallest absolute Gasteiger partial charge is 0.261 e. The van der Waals surface area contributed by atoms with Crippen molar-refractivity contribution in [1.29, 1.82) is 0 Å². The first-order valence-corrected chi connectivity index (χ1v) is 8.17. The first-order valence-electron chi connectivity index (χ1n) is 8.17. The van der Waals surface area contributed by atoms with Crippen LogP contribution in [0.1, 0.15) is 22.9 Å². The quantitative estimate of drug-likeness (QED) is 0.676. The highest BCUT2D eigenvalue weighted by Crippen LogP contribution is 2.28. The third-order valence-electron chi connectivity index (χ3n) is 4.03. The van der Waals surface area contributed by atoms with Gasteiger partial charge >= 0.3 is 0 Å². The number of likely N-dealkylation sites (N-methyl/N-ethyl adjacent to an activating group) is 1. The molecule has 0 fully saturated rings. The number of amides is 1. The van der Waals surface area contributed by atoms with Crippen molar-refractivity contribution in [2.24, 2.45) is 0 Å². The summed E-state index contributed by atoms with van der Waals surface area (Å²) in [4.78, 5) is 14.2. The van der Waals surface area contributed by atoms with Crippen molar-refractivity contribution in [2.75, 3.05) is 13.7 Å². The lowest BCUT2D eigenvalue weighted by molar-refractivity contribution is -0.133. The highest BCUT2D eigenvalue weighted by atomic mass is 19.1. The molecule has 0 aliphatic rings. The Morgan fingerprint density at radius 1 is 1.15 bits per heavy atom. The van der Waals surface area contributed by atoms with E-state index in [1.165, 1.54) is 12.1 Å². The van der Waals surface area contributed by atoms with Crippen LogP contribution >= 0.6 is 0 Å². The summed E-state index contributed by atoms with van der Waals surface area (Å²) in [5.41, 5.74) is 1.73. The predicted octanol–water partition coefficient (Wildman–Crippen LogP) is 3.75. The third-order valence-corrected chi connectivity index (χ3v) is 4.03. The van der Waals surface area contributed by atoms with Gasteiger partial charge in [0, 0.05) is 13.1 Å². The molecule has 2 aromatic carbocycles. The first-order chi connectivity index (χ1) is 12.5. The third kappa shape index (κ3) is 4.08. The number of hydrogen-bond donors (Lipinski definition) is 0. The molecule has 134 valence electrons. The summed E-state index contributed by atoms with van der Waals surface area (Å²) >= 11 is 0. The Labute approximate surface area is 151 Å². The van der Waals surface area contributed by atoms with Crippen LogP contribution in [0.3, 0.4) is 0 Å². The average Bonchev–Trinajstić information content (AvgIpc) is 3.07. The highest BCUT2D eigenvalue weighted by Gasteiger charge is 2.24. The topological polar surface area (TPSA) is 55.6 Å². The van der Waals surface area contributed by atoms with E-state index in [-0.39, 0.29) is 30.3 Å². The van der Waals surface area contributed by atoms with Gasteiger partial charge in [0.1, 0.15) is 11.6 Å². The van der Waals surface area contributed by atoms with E-state index in [1.807, 2.05) is 30.3 Å². The molecule has 3 rings (SSSR count). The number of aryl methyl sites for hydroxylation is 1. The number of ether oxygens (including phenoxy) is 1. The Hall–Kier alpha value is -3.15. The van der Waals surface area contributed by atoms with Crippen molar-refractivity contribution in [1.82, 2.24) is 10.1 Å². The number of hydrogen-bond acceptors (Lipinski definition) is 4. The zero-order valence-corrected chi connectivity index (χ0v) is 14.6. The van der Waals surface area contributed by atoms with E-state index in [9.17, 15) is 9.18 Å². The molecule has 6 heteroatoms. The van der Waals surface area contributed by atoms with E-state index in [0.717, 1.165) is 11.1 Å². The molecule has 3 aromatic rings. The molecule has 0 radical (unpaired) electrons. The Morgan fingerprint density at radius 3 is 2.42 bits per heavy atom. The highest BCUT2D eigenvalue weighted by molar-refractivity contribution is 5.78. The molecule has 1 aromatic heterocycles. The summed E-state index contributed by atoms with van der Waals surface area (Å²) in [5.74, 6) is 0.319. The van der Waals surface area contributed by atoms with E-state index in [4.69, 9.17) is 9.26 Å². The second-order valence-corrected chi connectivity index (χ2v) is 5.93. The van der Waals surface area contributed by atoms with Gasteiger partial charge in [0.15, 0.2) is 6.61 Å². The van der Waals surface area contributed by atoms with Crippen LogP contribution in [0.5, 0.6) is 5.88 Å². The molecule has 1 amide bonds. The molecule has 0 N–H and O–H groups in total. The molecular formula is C20H19FN2O3. The van der Waals surface area contributed by atoms with Gasteiger partial charge in [0.2, 0.25) is 0 Å². The van der Waals surface area contributed by atoms with Crippen molar-refractivity contribution in [2.45, 2.75) is 13.0 Å². The Morgan fingerprint density at radius 2 is 1.81 bits per heavy atom. The van der Waals surface area contributed by atoms with Crippen LogP contribution in [0.15, 0.2) is 65.2 Å². The van der Waals surface area contributed by atoms with Gasteiger partial charge in [-0.05, 0) is 35.3 Å². The number of carbonyl (C=O) groups excluding carboxylic acids is 1. The molecule has 1 atom stereocenters. The lowest BCUT2D eigenvalue weighted by Gasteiger charge is -2.29. The lowest BCUT2D eigenvalue weighted by atomic mass is 9.97. The maximum absolute atomic E-state index is 13.3. The van der Waals surface area contributed by atoms with Gasteiger partial charge in [-0.1, -0.05) is 42.5 Å². The monoisotopic (exact) mass is 354 g/mol. The molecule has 0 saturated heterocycles. The van der Waals surface area contributed by atoms with Gasteiger partial charge < -0.3 is 14.2 Å². The van der Waals surface area contributed by atoms with E-state index in [2.05, 4.69) is 5.16 Å². The second-order valence-electron chi connectivity index (χ2n) is 5.93. The van der Waals surface area contributed by atoms with Gasteiger partial charge in [-0.2, -0.15) is 0 Å². The van der Waals surface area contributed by atoms with Gasteiger partial charge in [-0.25, -0.2) is 4.39 Å². The maximum Gasteiger partial charge on any atom is 0.261 e. The molecule has 1 unspecified atom stereocenters. The number of carbonyl (C=O) groups is 1. The van der Waals surface area contributed by atoms with Crippen LogP contribution in [0.4, 0.5) is 4.39 Å². The number of aromatic nitrogens is 1. The first kappa shape index (κ1) is 17.7. The van der Waals surface area contributed by atoms with Crippen LogP contribution in [0, 0.1) is 12.7 Å². The zero-order valence-electron chi connectivity index (χ0n) is 14.6. The minimum absolute atomic E-state index is 0.174. The van der Waals surface area contributed by atoms with Crippen LogP contribution in [0.2, 0.25) is 0 Å². The predicted molar refractivity (Wildman–Crippen MR) is 94.2 cm³/mol. The van der Waals surface area contributed by atoms with Crippen LogP contribution in [-0.4, -0.2) is 29.6 Å². The molecule has 1 heterocycles. The minimum atomic E-state index is -0.355. The largest absolute Gasteiger partial charge is 0.465 e. The summed E-state index contributed by atoms with van der Waals surface area (Å²) in [6, 6.07) is 17.0. The lowest BCUT2D eigenvalue weighted by Crippen LogP contribution is -2.35. The summed E-state index contributed by atoms with van der Waals surface area (Å²) < 4.78 is 23.6. The molecule has 0 saturated carbocycles. The van der Waals surface area contributed by atoms with E-state index in [0.29, 0.717) is 5.76 Å². The summed E-state index contributed by atoms with van der Waals surface area (Å²) in [5, 5.41) is 3.71. The van der Waals surface area contributed by atoms with Crippen molar-refractivity contribution in [3.05, 3.63) is 83.4 Å². The maximum atomic E-state index is 13.3.